The van der Waals surface area contributed by atoms with Gasteiger partial charge in [0.15, 0.2) is 0 Å². The van der Waals surface area contributed by atoms with Gasteiger partial charge in [0.25, 0.3) is 5.91 Å². The first-order valence-electron chi connectivity index (χ1n) is 6.07. The lowest BCUT2D eigenvalue weighted by Gasteiger charge is -2.10. The zero-order valence-corrected chi connectivity index (χ0v) is 11.3. The number of amides is 1. The number of nitrogen functional groups attached to an aromatic ring is 1. The quantitative estimate of drug-likeness (QED) is 0.339. The summed E-state index contributed by atoms with van der Waals surface area (Å²) in [4.78, 5) is 17.7. The molecule has 0 aliphatic carbocycles. The van der Waals surface area contributed by atoms with E-state index < -0.39 is 0 Å². The van der Waals surface area contributed by atoms with Crippen molar-refractivity contribution in [2.45, 2.75) is 0 Å². The third kappa shape index (κ3) is 6.14. The van der Waals surface area contributed by atoms with Crippen LogP contribution in [0.2, 0.25) is 0 Å². The third-order valence-electron chi connectivity index (χ3n) is 2.39. The molecule has 0 unspecified atom stereocenters. The van der Waals surface area contributed by atoms with E-state index in [0.717, 1.165) is 6.54 Å². The lowest BCUT2D eigenvalue weighted by molar-refractivity contribution is 0.0900. The van der Waals surface area contributed by atoms with E-state index in [9.17, 15) is 4.79 Å². The zero-order valence-electron chi connectivity index (χ0n) is 11.3. The van der Waals surface area contributed by atoms with Crippen LogP contribution in [0.1, 0.15) is 10.4 Å². The van der Waals surface area contributed by atoms with E-state index in [1.54, 1.807) is 12.1 Å². The van der Waals surface area contributed by atoms with E-state index in [-0.39, 0.29) is 5.91 Å². The molecule has 106 valence electrons. The average molecular weight is 267 g/mol. The van der Waals surface area contributed by atoms with Crippen molar-refractivity contribution in [3.63, 3.8) is 0 Å². The highest BCUT2D eigenvalue weighted by atomic mass is 16.5. The molecule has 1 aromatic rings. The van der Waals surface area contributed by atoms with Crippen molar-refractivity contribution in [1.82, 2.24) is 15.2 Å². The van der Waals surface area contributed by atoms with Crippen molar-refractivity contribution in [1.29, 1.82) is 0 Å². The van der Waals surface area contributed by atoms with E-state index in [1.165, 1.54) is 6.20 Å². The highest BCUT2D eigenvalue weighted by molar-refractivity contribution is 5.93. The Morgan fingerprint density at radius 2 is 2.21 bits per heavy atom. The van der Waals surface area contributed by atoms with Crippen LogP contribution >= 0.6 is 0 Å². The molecule has 0 fully saturated rings. The lowest BCUT2D eigenvalue weighted by Crippen LogP contribution is -2.28. The molecule has 1 heterocycles. The Bertz CT molecular complexity index is 380. The first-order chi connectivity index (χ1) is 9.13. The normalized spacial score (nSPS) is 10.5. The number of hydrazine groups is 1. The summed E-state index contributed by atoms with van der Waals surface area (Å²) in [6.45, 7) is 2.49. The average Bonchev–Trinajstić information content (AvgIpc) is 2.42. The summed E-state index contributed by atoms with van der Waals surface area (Å²) in [6.07, 6.45) is 1.47. The Labute approximate surface area is 113 Å². The van der Waals surface area contributed by atoms with E-state index >= 15 is 0 Å². The molecule has 0 aromatic carbocycles. The van der Waals surface area contributed by atoms with Gasteiger partial charge in [-0.2, -0.15) is 0 Å². The maximum atomic E-state index is 11.7. The molecule has 0 aliphatic rings. The number of anilines is 1. The fraction of sp³-hybridized carbons (Fsp3) is 0.500. The Morgan fingerprint density at radius 1 is 1.42 bits per heavy atom. The molecule has 0 bridgehead atoms. The Balaban J connectivity index is 2.20. The van der Waals surface area contributed by atoms with Gasteiger partial charge in [-0.3, -0.25) is 4.79 Å². The molecule has 0 spiro atoms. The number of carbonyl (C=O) groups excluding carboxylic acids is 1. The number of carbonyl (C=O) groups is 1. The Hall–Kier alpha value is -1.70. The minimum atomic E-state index is -0.174. The molecule has 19 heavy (non-hydrogen) atoms. The van der Waals surface area contributed by atoms with Gasteiger partial charge in [-0.25, -0.2) is 10.8 Å². The Morgan fingerprint density at radius 3 is 2.79 bits per heavy atom. The molecule has 0 saturated carbocycles. The van der Waals surface area contributed by atoms with Crippen LogP contribution in [0.4, 0.5) is 5.82 Å². The van der Waals surface area contributed by atoms with Crippen molar-refractivity contribution in [2.75, 3.05) is 45.8 Å². The van der Waals surface area contributed by atoms with Gasteiger partial charge in [-0.05, 0) is 26.2 Å². The first kappa shape index (κ1) is 15.4. The topological polar surface area (TPSA) is 92.5 Å². The number of nitrogens with two attached hydrogens (primary N) is 1. The van der Waals surface area contributed by atoms with Gasteiger partial charge in [0.1, 0.15) is 5.82 Å². The number of hydrogen-bond donors (Lipinski definition) is 3. The third-order valence-corrected chi connectivity index (χ3v) is 2.39. The summed E-state index contributed by atoms with van der Waals surface area (Å²) in [6, 6.07) is 3.30. The second-order valence-corrected chi connectivity index (χ2v) is 4.25. The van der Waals surface area contributed by atoms with Crippen molar-refractivity contribution < 1.29 is 9.53 Å². The van der Waals surface area contributed by atoms with Crippen molar-refractivity contribution in [2.24, 2.45) is 5.84 Å². The second kappa shape index (κ2) is 8.41. The first-order valence-corrected chi connectivity index (χ1v) is 6.07. The number of nitrogens with zero attached hydrogens (tertiary/aromatic N) is 2. The summed E-state index contributed by atoms with van der Waals surface area (Å²) >= 11 is 0. The molecular weight excluding hydrogens is 246 g/mol. The molecular formula is C12H21N5O2. The molecule has 4 N–H and O–H groups in total. The number of ether oxygens (including phenoxy) is 1. The summed E-state index contributed by atoms with van der Waals surface area (Å²) in [5.74, 6) is 5.53. The van der Waals surface area contributed by atoms with Gasteiger partial charge in [0.2, 0.25) is 0 Å². The zero-order chi connectivity index (χ0) is 14.1. The minimum Gasteiger partial charge on any atom is -0.378 e. The van der Waals surface area contributed by atoms with Crippen LogP contribution in [0.3, 0.4) is 0 Å². The summed E-state index contributed by atoms with van der Waals surface area (Å²) in [5, 5.41) is 2.76. The molecule has 1 aromatic heterocycles. The fourth-order valence-electron chi connectivity index (χ4n) is 1.30. The molecule has 0 radical (unpaired) electrons. The van der Waals surface area contributed by atoms with Crippen molar-refractivity contribution >= 4 is 11.7 Å². The lowest BCUT2D eigenvalue weighted by atomic mass is 10.2. The van der Waals surface area contributed by atoms with Crippen LogP contribution in [0.25, 0.3) is 0 Å². The summed E-state index contributed by atoms with van der Waals surface area (Å²) in [7, 11) is 3.97. The van der Waals surface area contributed by atoms with Crippen LogP contribution < -0.4 is 16.6 Å². The highest BCUT2D eigenvalue weighted by Gasteiger charge is 2.04. The number of aromatic nitrogens is 1. The smallest absolute Gasteiger partial charge is 0.252 e. The molecule has 0 saturated heterocycles. The Kier molecular flexibility index (Phi) is 6.80. The summed E-state index contributed by atoms with van der Waals surface area (Å²) in [5.41, 5.74) is 2.89. The second-order valence-electron chi connectivity index (χ2n) is 4.25. The summed E-state index contributed by atoms with van der Waals surface area (Å²) < 4.78 is 5.37. The van der Waals surface area contributed by atoms with Crippen LogP contribution in [-0.4, -0.2) is 56.2 Å². The van der Waals surface area contributed by atoms with E-state index in [1.807, 2.05) is 19.0 Å². The van der Waals surface area contributed by atoms with E-state index in [0.29, 0.717) is 31.1 Å². The maximum absolute atomic E-state index is 11.7. The predicted molar refractivity (Wildman–Crippen MR) is 73.8 cm³/mol. The van der Waals surface area contributed by atoms with Gasteiger partial charge < -0.3 is 20.4 Å². The minimum absolute atomic E-state index is 0.174. The van der Waals surface area contributed by atoms with Gasteiger partial charge in [-0.15, -0.1) is 0 Å². The molecule has 1 rings (SSSR count). The molecule has 0 atom stereocenters. The monoisotopic (exact) mass is 267 g/mol. The van der Waals surface area contributed by atoms with Crippen LogP contribution in [0.15, 0.2) is 18.3 Å². The molecule has 0 aliphatic heterocycles. The van der Waals surface area contributed by atoms with Crippen LogP contribution in [0, 0.1) is 0 Å². The SMILES string of the molecule is CN(C)CCOCCNC(=O)c1ccc(NN)nc1. The van der Waals surface area contributed by atoms with Crippen LogP contribution in [0.5, 0.6) is 0 Å². The van der Waals surface area contributed by atoms with Gasteiger partial charge in [0, 0.05) is 19.3 Å². The number of likely N-dealkylation sites (N-methyl/N-ethyl adjacent to an activating group) is 1. The van der Waals surface area contributed by atoms with Crippen molar-refractivity contribution in [3.05, 3.63) is 23.9 Å². The molecule has 7 heteroatoms. The fourth-order valence-corrected chi connectivity index (χ4v) is 1.30. The van der Waals surface area contributed by atoms with Crippen LogP contribution in [-0.2, 0) is 4.74 Å². The van der Waals surface area contributed by atoms with Gasteiger partial charge in [0.05, 0.1) is 18.8 Å². The van der Waals surface area contributed by atoms with E-state index in [2.05, 4.69) is 15.7 Å². The van der Waals surface area contributed by atoms with Crippen molar-refractivity contribution in [3.8, 4) is 0 Å². The number of pyridine rings is 1. The largest absolute Gasteiger partial charge is 0.378 e. The van der Waals surface area contributed by atoms with Gasteiger partial charge >= 0.3 is 0 Å². The van der Waals surface area contributed by atoms with E-state index in [4.69, 9.17) is 10.6 Å². The molecule has 7 nitrogen and oxygen atoms in total. The molecule has 1 amide bonds. The number of rotatable bonds is 8. The maximum Gasteiger partial charge on any atom is 0.252 e. The standard InChI is InChI=1S/C12H21N5O2/c1-17(2)6-8-19-7-5-14-12(18)10-3-4-11(16-13)15-9-10/h3-4,9H,5-8,13H2,1-2H3,(H,14,18)(H,15,16). The highest BCUT2D eigenvalue weighted by Crippen LogP contribution is 2.02. The van der Waals surface area contributed by atoms with Gasteiger partial charge in [-0.1, -0.05) is 0 Å². The predicted octanol–water partition coefficient (Wildman–Crippen LogP) is -0.325. The number of nitrogens with one attached hydrogen (secondary N) is 2. The number of hydrogen-bond acceptors (Lipinski definition) is 6.